The second-order valence-electron chi connectivity index (χ2n) is 5.86. The van der Waals surface area contributed by atoms with E-state index in [9.17, 15) is 8.42 Å². The fourth-order valence-electron chi connectivity index (χ4n) is 3.04. The molecule has 1 N–H and O–H groups in total. The van der Waals surface area contributed by atoms with Gasteiger partial charge in [0.25, 0.3) is 0 Å². The predicted octanol–water partition coefficient (Wildman–Crippen LogP) is 0.343. The van der Waals surface area contributed by atoms with Gasteiger partial charge < -0.3 is 5.32 Å². The Morgan fingerprint density at radius 2 is 1.74 bits per heavy atom. The molecule has 0 aromatic rings. The third-order valence-corrected chi connectivity index (χ3v) is 5.62. The molecule has 0 bridgehead atoms. The van der Waals surface area contributed by atoms with Crippen LogP contribution in [-0.2, 0) is 10.0 Å². The van der Waals surface area contributed by atoms with Gasteiger partial charge in [-0.25, -0.2) is 8.42 Å². The van der Waals surface area contributed by atoms with Gasteiger partial charge in [0.1, 0.15) is 0 Å². The summed E-state index contributed by atoms with van der Waals surface area (Å²) in [5.41, 5.74) is 0. The first-order valence-electron chi connectivity index (χ1n) is 7.44. The first kappa shape index (κ1) is 15.2. The van der Waals surface area contributed by atoms with Crippen molar-refractivity contribution in [2.75, 3.05) is 52.1 Å². The molecule has 1 saturated carbocycles. The van der Waals surface area contributed by atoms with Crippen LogP contribution >= 0.6 is 0 Å². The molecule has 0 aromatic carbocycles. The van der Waals surface area contributed by atoms with Gasteiger partial charge in [-0.05, 0) is 25.3 Å². The topological polar surface area (TPSA) is 52.7 Å². The van der Waals surface area contributed by atoms with Crippen LogP contribution in [-0.4, -0.2) is 69.7 Å². The van der Waals surface area contributed by atoms with E-state index in [1.165, 1.54) is 31.9 Å². The molecule has 0 amide bonds. The van der Waals surface area contributed by atoms with Gasteiger partial charge in [0.15, 0.2) is 0 Å². The Morgan fingerprint density at radius 1 is 1.11 bits per heavy atom. The fourth-order valence-corrected chi connectivity index (χ4v) is 3.87. The Kier molecular flexibility index (Phi) is 5.62. The van der Waals surface area contributed by atoms with Gasteiger partial charge in [0, 0.05) is 39.3 Å². The lowest BCUT2D eigenvalue weighted by Gasteiger charge is -2.33. The van der Waals surface area contributed by atoms with E-state index in [0.29, 0.717) is 13.1 Å². The van der Waals surface area contributed by atoms with Crippen molar-refractivity contribution >= 4 is 10.0 Å². The van der Waals surface area contributed by atoms with E-state index in [0.717, 1.165) is 38.6 Å². The minimum Gasteiger partial charge on any atom is -0.315 e. The molecule has 6 heteroatoms. The first-order chi connectivity index (χ1) is 9.05. The molecular formula is C13H27N3O2S. The number of sulfonamides is 1. The predicted molar refractivity (Wildman–Crippen MR) is 77.7 cm³/mol. The van der Waals surface area contributed by atoms with E-state index < -0.39 is 10.0 Å². The van der Waals surface area contributed by atoms with Crippen LogP contribution in [0.4, 0.5) is 0 Å². The maximum Gasteiger partial charge on any atom is 0.211 e. The van der Waals surface area contributed by atoms with Crippen LogP contribution < -0.4 is 5.32 Å². The third-order valence-electron chi connectivity index (χ3n) is 4.31. The van der Waals surface area contributed by atoms with Crippen LogP contribution in [0.25, 0.3) is 0 Å². The smallest absolute Gasteiger partial charge is 0.211 e. The summed E-state index contributed by atoms with van der Waals surface area (Å²) in [5, 5.41) is 3.54. The number of nitrogens with zero attached hydrogens (tertiary/aromatic N) is 2. The third kappa shape index (κ3) is 5.02. The highest BCUT2D eigenvalue weighted by molar-refractivity contribution is 7.88. The summed E-state index contributed by atoms with van der Waals surface area (Å²) in [6.07, 6.45) is 6.88. The van der Waals surface area contributed by atoms with E-state index in [1.54, 1.807) is 4.31 Å². The Bertz CT molecular complexity index is 358. The van der Waals surface area contributed by atoms with Crippen molar-refractivity contribution in [3.05, 3.63) is 0 Å². The molecule has 0 radical (unpaired) electrons. The Hall–Kier alpha value is -0.170. The number of nitrogens with one attached hydrogen (secondary N) is 1. The van der Waals surface area contributed by atoms with Crippen molar-refractivity contribution in [2.24, 2.45) is 5.92 Å². The van der Waals surface area contributed by atoms with Gasteiger partial charge in [-0.1, -0.05) is 12.8 Å². The lowest BCUT2D eigenvalue weighted by Crippen LogP contribution is -2.49. The molecule has 0 aromatic heterocycles. The Morgan fingerprint density at radius 3 is 2.32 bits per heavy atom. The molecule has 19 heavy (non-hydrogen) atoms. The molecule has 1 heterocycles. The Labute approximate surface area is 117 Å². The molecule has 2 rings (SSSR count). The lowest BCUT2D eigenvalue weighted by atomic mass is 10.1. The van der Waals surface area contributed by atoms with Crippen molar-refractivity contribution in [1.82, 2.24) is 14.5 Å². The molecule has 5 nitrogen and oxygen atoms in total. The van der Waals surface area contributed by atoms with Crippen LogP contribution in [0, 0.1) is 5.92 Å². The zero-order valence-electron chi connectivity index (χ0n) is 12.0. The standard InChI is InChI=1S/C13H27N3O2S/c1-19(17,18)16-10-8-15(9-11-16)7-6-14-12-13-4-2-3-5-13/h13-14H,2-12H2,1H3. The van der Waals surface area contributed by atoms with E-state index in [-0.39, 0.29) is 0 Å². The van der Waals surface area contributed by atoms with E-state index in [2.05, 4.69) is 10.2 Å². The van der Waals surface area contributed by atoms with Gasteiger partial charge in [-0.3, -0.25) is 4.90 Å². The van der Waals surface area contributed by atoms with Gasteiger partial charge >= 0.3 is 0 Å². The van der Waals surface area contributed by atoms with E-state index in [4.69, 9.17) is 0 Å². The van der Waals surface area contributed by atoms with Gasteiger partial charge in [0.2, 0.25) is 10.0 Å². The van der Waals surface area contributed by atoms with Crippen LogP contribution in [0.15, 0.2) is 0 Å². The second-order valence-corrected chi connectivity index (χ2v) is 7.84. The highest BCUT2D eigenvalue weighted by Gasteiger charge is 2.22. The van der Waals surface area contributed by atoms with Crippen LogP contribution in [0.3, 0.4) is 0 Å². The first-order valence-corrected chi connectivity index (χ1v) is 9.29. The molecule has 1 aliphatic heterocycles. The average molecular weight is 289 g/mol. The molecule has 1 saturated heterocycles. The number of rotatable bonds is 6. The largest absolute Gasteiger partial charge is 0.315 e. The maximum atomic E-state index is 11.4. The molecule has 112 valence electrons. The minimum absolute atomic E-state index is 0.640. The summed E-state index contributed by atoms with van der Waals surface area (Å²) in [6.45, 7) is 6.21. The van der Waals surface area contributed by atoms with E-state index in [1.807, 2.05) is 0 Å². The SMILES string of the molecule is CS(=O)(=O)N1CCN(CCNCC2CCCC2)CC1. The Balaban J connectivity index is 1.55. The summed E-state index contributed by atoms with van der Waals surface area (Å²) in [6, 6.07) is 0. The fraction of sp³-hybridized carbons (Fsp3) is 1.00. The van der Waals surface area contributed by atoms with Crippen molar-refractivity contribution in [3.8, 4) is 0 Å². The number of piperazine rings is 1. The average Bonchev–Trinajstić information content (AvgIpc) is 2.87. The second kappa shape index (κ2) is 7.02. The monoisotopic (exact) mass is 289 g/mol. The lowest BCUT2D eigenvalue weighted by molar-refractivity contribution is 0.189. The van der Waals surface area contributed by atoms with Crippen molar-refractivity contribution in [3.63, 3.8) is 0 Å². The zero-order valence-corrected chi connectivity index (χ0v) is 12.8. The molecule has 2 aliphatic rings. The van der Waals surface area contributed by atoms with Crippen LogP contribution in [0.5, 0.6) is 0 Å². The van der Waals surface area contributed by atoms with Gasteiger partial charge in [-0.15, -0.1) is 0 Å². The normalized spacial score (nSPS) is 24.1. The summed E-state index contributed by atoms with van der Waals surface area (Å²) in [4.78, 5) is 2.35. The van der Waals surface area contributed by atoms with Crippen LogP contribution in [0.2, 0.25) is 0 Å². The summed E-state index contributed by atoms with van der Waals surface area (Å²) in [5.74, 6) is 0.891. The highest BCUT2D eigenvalue weighted by Crippen LogP contribution is 2.23. The number of hydrogen-bond donors (Lipinski definition) is 1. The van der Waals surface area contributed by atoms with Gasteiger partial charge in [0.05, 0.1) is 6.26 Å². The van der Waals surface area contributed by atoms with Crippen molar-refractivity contribution in [1.29, 1.82) is 0 Å². The zero-order chi connectivity index (χ0) is 13.7. The van der Waals surface area contributed by atoms with Crippen LogP contribution in [0.1, 0.15) is 25.7 Å². The number of hydrogen-bond acceptors (Lipinski definition) is 4. The minimum atomic E-state index is -2.99. The molecule has 0 unspecified atom stereocenters. The summed E-state index contributed by atoms with van der Waals surface area (Å²) >= 11 is 0. The molecule has 1 aliphatic carbocycles. The molecular weight excluding hydrogens is 262 g/mol. The summed E-state index contributed by atoms with van der Waals surface area (Å²) in [7, 11) is -2.99. The van der Waals surface area contributed by atoms with Crippen molar-refractivity contribution < 1.29 is 8.42 Å². The molecule has 0 atom stereocenters. The summed E-state index contributed by atoms with van der Waals surface area (Å²) < 4.78 is 24.4. The van der Waals surface area contributed by atoms with Crippen molar-refractivity contribution in [2.45, 2.75) is 25.7 Å². The maximum absolute atomic E-state index is 11.4. The van der Waals surface area contributed by atoms with Gasteiger partial charge in [-0.2, -0.15) is 4.31 Å². The molecule has 0 spiro atoms. The highest BCUT2D eigenvalue weighted by atomic mass is 32.2. The van der Waals surface area contributed by atoms with E-state index >= 15 is 0 Å². The molecule has 2 fully saturated rings. The quantitative estimate of drug-likeness (QED) is 0.717.